The normalized spacial score (nSPS) is 12.8. The van der Waals surface area contributed by atoms with Gasteiger partial charge >= 0.3 is 0 Å². The first-order chi connectivity index (χ1) is 12.0. The summed E-state index contributed by atoms with van der Waals surface area (Å²) in [4.78, 5) is 13.1. The third-order valence-corrected chi connectivity index (χ3v) is 5.47. The summed E-state index contributed by atoms with van der Waals surface area (Å²) in [5.41, 5.74) is 1.15. The number of hydrogen-bond donors (Lipinski definition) is 2. The first kappa shape index (κ1) is 25.6. The predicted molar refractivity (Wildman–Crippen MR) is 126 cm³/mol. The summed E-state index contributed by atoms with van der Waals surface area (Å²) in [6.45, 7) is 18.1. The van der Waals surface area contributed by atoms with Crippen LogP contribution in [0.4, 0.5) is 0 Å². The molecule has 26 heavy (non-hydrogen) atoms. The van der Waals surface area contributed by atoms with Gasteiger partial charge in [-0.15, -0.1) is 35.3 Å². The van der Waals surface area contributed by atoms with Crippen LogP contribution in [0.5, 0.6) is 0 Å². The molecule has 0 saturated carbocycles. The van der Waals surface area contributed by atoms with Crippen LogP contribution in [-0.4, -0.2) is 54.6 Å². The molecule has 1 atom stereocenters. The zero-order valence-electron chi connectivity index (χ0n) is 17.4. The van der Waals surface area contributed by atoms with E-state index in [0.29, 0.717) is 6.04 Å². The van der Waals surface area contributed by atoms with Gasteiger partial charge in [-0.25, -0.2) is 4.98 Å². The summed E-state index contributed by atoms with van der Waals surface area (Å²) in [5.74, 6) is 0.928. The number of rotatable bonds is 11. The lowest BCUT2D eigenvalue weighted by Crippen LogP contribution is -2.42. The van der Waals surface area contributed by atoms with E-state index in [1.807, 2.05) is 0 Å². The first-order valence-corrected chi connectivity index (χ1v) is 10.5. The van der Waals surface area contributed by atoms with Gasteiger partial charge in [0.05, 0.1) is 10.7 Å². The molecule has 152 valence electrons. The number of aliphatic imine (C=N–C) groups is 1. The molecule has 7 heteroatoms. The van der Waals surface area contributed by atoms with E-state index >= 15 is 0 Å². The smallest absolute Gasteiger partial charge is 0.191 e. The Morgan fingerprint density at radius 1 is 1.23 bits per heavy atom. The molecular weight excluding hydrogens is 457 g/mol. The van der Waals surface area contributed by atoms with Gasteiger partial charge in [-0.05, 0) is 60.2 Å². The van der Waals surface area contributed by atoms with Gasteiger partial charge in [-0.3, -0.25) is 4.99 Å². The summed E-state index contributed by atoms with van der Waals surface area (Å²) < 4.78 is 0. The van der Waals surface area contributed by atoms with Crippen molar-refractivity contribution in [3.63, 3.8) is 0 Å². The second kappa shape index (κ2) is 14.6. The topological polar surface area (TPSA) is 52.6 Å². The van der Waals surface area contributed by atoms with E-state index in [4.69, 9.17) is 4.99 Å². The SMILES string of the molecule is CCNC(=NCCc1sc(C)nc1C)NC(C)CCCN(CC)CC.I. The Balaban J connectivity index is 0.00000625. The fraction of sp³-hybridized carbons (Fsp3) is 0.789. The summed E-state index contributed by atoms with van der Waals surface area (Å²) in [6.07, 6.45) is 3.34. The van der Waals surface area contributed by atoms with Gasteiger partial charge in [0.15, 0.2) is 5.96 Å². The van der Waals surface area contributed by atoms with E-state index in [2.05, 4.69) is 62.1 Å². The highest BCUT2D eigenvalue weighted by Gasteiger charge is 2.08. The Hall–Kier alpha value is -0.410. The van der Waals surface area contributed by atoms with Crippen molar-refractivity contribution in [2.45, 2.75) is 66.8 Å². The molecule has 5 nitrogen and oxygen atoms in total. The number of aryl methyl sites for hydroxylation is 2. The van der Waals surface area contributed by atoms with Crippen molar-refractivity contribution in [2.24, 2.45) is 4.99 Å². The molecule has 0 radical (unpaired) electrons. The van der Waals surface area contributed by atoms with Gasteiger partial charge in [0.2, 0.25) is 0 Å². The molecule has 0 bridgehead atoms. The molecule has 1 heterocycles. The largest absolute Gasteiger partial charge is 0.357 e. The van der Waals surface area contributed by atoms with Crippen LogP contribution in [-0.2, 0) is 6.42 Å². The van der Waals surface area contributed by atoms with E-state index in [1.165, 1.54) is 17.8 Å². The molecule has 1 unspecified atom stereocenters. The Morgan fingerprint density at radius 2 is 1.92 bits per heavy atom. The molecule has 0 spiro atoms. The number of guanidine groups is 1. The molecule has 0 aliphatic heterocycles. The summed E-state index contributed by atoms with van der Waals surface area (Å²) in [6, 6.07) is 0.431. The average Bonchev–Trinajstić information content (AvgIpc) is 2.89. The fourth-order valence-electron chi connectivity index (χ4n) is 2.86. The van der Waals surface area contributed by atoms with Crippen LogP contribution < -0.4 is 10.6 Å². The van der Waals surface area contributed by atoms with Gasteiger partial charge < -0.3 is 15.5 Å². The maximum atomic E-state index is 4.74. The van der Waals surface area contributed by atoms with Crippen molar-refractivity contribution >= 4 is 41.3 Å². The number of hydrogen-bond acceptors (Lipinski definition) is 4. The van der Waals surface area contributed by atoms with Gasteiger partial charge in [0, 0.05) is 30.4 Å². The van der Waals surface area contributed by atoms with Crippen molar-refractivity contribution in [1.82, 2.24) is 20.5 Å². The van der Waals surface area contributed by atoms with Crippen LogP contribution in [0.2, 0.25) is 0 Å². The molecule has 2 N–H and O–H groups in total. The van der Waals surface area contributed by atoms with E-state index in [9.17, 15) is 0 Å². The Kier molecular flexibility index (Phi) is 14.4. The Labute approximate surface area is 181 Å². The van der Waals surface area contributed by atoms with Crippen molar-refractivity contribution in [3.05, 3.63) is 15.6 Å². The highest BCUT2D eigenvalue weighted by molar-refractivity contribution is 14.0. The van der Waals surface area contributed by atoms with E-state index in [0.717, 1.165) is 55.7 Å². The Bertz CT molecular complexity index is 514. The van der Waals surface area contributed by atoms with E-state index < -0.39 is 0 Å². The molecular formula is C19H38IN5S. The number of halogens is 1. The summed E-state index contributed by atoms with van der Waals surface area (Å²) in [7, 11) is 0. The quantitative estimate of drug-likeness (QED) is 0.277. The highest BCUT2D eigenvalue weighted by Crippen LogP contribution is 2.17. The summed E-state index contributed by atoms with van der Waals surface area (Å²) >= 11 is 1.79. The maximum Gasteiger partial charge on any atom is 0.191 e. The second-order valence-corrected chi connectivity index (χ2v) is 7.75. The van der Waals surface area contributed by atoms with E-state index in [1.54, 1.807) is 11.3 Å². The minimum atomic E-state index is 0. The molecule has 0 amide bonds. The van der Waals surface area contributed by atoms with Crippen LogP contribution in [0, 0.1) is 13.8 Å². The van der Waals surface area contributed by atoms with Crippen molar-refractivity contribution < 1.29 is 0 Å². The molecule has 0 aromatic carbocycles. The van der Waals surface area contributed by atoms with Crippen molar-refractivity contribution in [2.75, 3.05) is 32.7 Å². The Morgan fingerprint density at radius 3 is 2.46 bits per heavy atom. The molecule has 1 rings (SSSR count). The van der Waals surface area contributed by atoms with E-state index in [-0.39, 0.29) is 24.0 Å². The lowest BCUT2D eigenvalue weighted by molar-refractivity contribution is 0.292. The van der Waals surface area contributed by atoms with Gasteiger partial charge in [-0.2, -0.15) is 0 Å². The number of aromatic nitrogens is 1. The molecule has 1 aromatic rings. The second-order valence-electron chi connectivity index (χ2n) is 6.47. The standard InChI is InChI=1S/C19H37N5S.HI/c1-7-20-19(21-13-12-18-16(5)23-17(6)25-18)22-15(4)11-10-14-24(8-2)9-3;/h15H,7-14H2,1-6H3,(H2,20,21,22);1H. The lowest BCUT2D eigenvalue weighted by Gasteiger charge is -2.21. The number of thiazole rings is 1. The van der Waals surface area contributed by atoms with Crippen LogP contribution in [0.25, 0.3) is 0 Å². The van der Waals surface area contributed by atoms with Crippen molar-refractivity contribution in [3.8, 4) is 0 Å². The van der Waals surface area contributed by atoms with Crippen LogP contribution in [0.15, 0.2) is 4.99 Å². The van der Waals surface area contributed by atoms with Crippen LogP contribution >= 0.6 is 35.3 Å². The van der Waals surface area contributed by atoms with Crippen LogP contribution in [0.1, 0.15) is 56.1 Å². The molecule has 0 aliphatic carbocycles. The van der Waals surface area contributed by atoms with Crippen LogP contribution in [0.3, 0.4) is 0 Å². The predicted octanol–water partition coefficient (Wildman–Crippen LogP) is 3.99. The summed E-state index contributed by atoms with van der Waals surface area (Å²) in [5, 5.41) is 8.04. The first-order valence-electron chi connectivity index (χ1n) is 9.70. The minimum absolute atomic E-state index is 0. The monoisotopic (exact) mass is 495 g/mol. The third-order valence-electron chi connectivity index (χ3n) is 4.34. The number of nitrogens with one attached hydrogen (secondary N) is 2. The average molecular weight is 496 g/mol. The zero-order chi connectivity index (χ0) is 18.7. The fourth-order valence-corrected chi connectivity index (χ4v) is 3.79. The van der Waals surface area contributed by atoms with Crippen molar-refractivity contribution in [1.29, 1.82) is 0 Å². The van der Waals surface area contributed by atoms with Gasteiger partial charge in [0.25, 0.3) is 0 Å². The molecule has 0 aliphatic rings. The third kappa shape index (κ3) is 10.1. The van der Waals surface area contributed by atoms with Gasteiger partial charge in [-0.1, -0.05) is 13.8 Å². The molecule has 1 aromatic heterocycles. The molecule has 0 fully saturated rings. The zero-order valence-corrected chi connectivity index (χ0v) is 20.5. The lowest BCUT2D eigenvalue weighted by atomic mass is 10.2. The minimum Gasteiger partial charge on any atom is -0.357 e. The molecule has 0 saturated heterocycles. The number of nitrogens with zero attached hydrogens (tertiary/aromatic N) is 3. The highest BCUT2D eigenvalue weighted by atomic mass is 127. The maximum absolute atomic E-state index is 4.74. The van der Waals surface area contributed by atoms with Gasteiger partial charge in [0.1, 0.15) is 0 Å².